The minimum absolute atomic E-state index is 0.0498. The van der Waals surface area contributed by atoms with Crippen LogP contribution in [0.1, 0.15) is 23.7 Å². The zero-order chi connectivity index (χ0) is 13.8. The molecule has 1 aromatic carbocycles. The maximum absolute atomic E-state index is 12.0. The topological polar surface area (TPSA) is 82.2 Å². The molecule has 1 atom stereocenters. The number of para-hydroxylation sites is 1. The van der Waals surface area contributed by atoms with E-state index in [1.54, 1.807) is 13.1 Å². The quantitative estimate of drug-likeness (QED) is 0.769. The Morgan fingerprint density at radius 2 is 2.11 bits per heavy atom. The predicted octanol–water partition coefficient (Wildman–Crippen LogP) is 2.01. The number of carbonyl (C=O) groups excluding carboxylic acids is 1. The van der Waals surface area contributed by atoms with Crippen LogP contribution in [0.5, 0.6) is 0 Å². The number of aromatic nitrogens is 1. The lowest BCUT2D eigenvalue weighted by molar-refractivity contribution is -0.137. The molecule has 1 aromatic heterocycles. The third-order valence-electron chi connectivity index (χ3n) is 2.97. The molecule has 1 amide bonds. The van der Waals surface area contributed by atoms with Crippen molar-refractivity contribution in [1.82, 2.24) is 10.3 Å². The number of carbonyl (C=O) groups is 2. The normalized spacial score (nSPS) is 12.3. The lowest BCUT2D eigenvalue weighted by Gasteiger charge is -2.09. The summed E-state index contributed by atoms with van der Waals surface area (Å²) in [6.45, 7) is 2.15. The summed E-state index contributed by atoms with van der Waals surface area (Å²) in [6, 6.07) is 7.55. The van der Waals surface area contributed by atoms with Gasteiger partial charge in [-0.2, -0.15) is 0 Å². The van der Waals surface area contributed by atoms with Gasteiger partial charge in [0, 0.05) is 30.1 Å². The van der Waals surface area contributed by atoms with Crippen molar-refractivity contribution < 1.29 is 14.7 Å². The van der Waals surface area contributed by atoms with Crippen molar-refractivity contribution in [3.63, 3.8) is 0 Å². The highest BCUT2D eigenvalue weighted by Gasteiger charge is 2.13. The van der Waals surface area contributed by atoms with Gasteiger partial charge in [-0.1, -0.05) is 25.1 Å². The zero-order valence-electron chi connectivity index (χ0n) is 10.6. The summed E-state index contributed by atoms with van der Waals surface area (Å²) in [5.41, 5.74) is 1.49. The first-order valence-corrected chi connectivity index (χ1v) is 6.14. The van der Waals surface area contributed by atoms with E-state index in [9.17, 15) is 9.59 Å². The Balaban J connectivity index is 2.02. The number of hydrogen-bond acceptors (Lipinski definition) is 2. The summed E-state index contributed by atoms with van der Waals surface area (Å²) in [5.74, 6) is -1.13. The van der Waals surface area contributed by atoms with Crippen LogP contribution < -0.4 is 5.32 Å². The van der Waals surface area contributed by atoms with Crippen molar-refractivity contribution in [3.8, 4) is 0 Å². The van der Waals surface area contributed by atoms with Crippen LogP contribution in [-0.2, 0) is 4.79 Å². The average Bonchev–Trinajstić information content (AvgIpc) is 2.79. The maximum atomic E-state index is 12.0. The van der Waals surface area contributed by atoms with Gasteiger partial charge in [0.25, 0.3) is 5.91 Å². The average molecular weight is 260 g/mol. The molecule has 19 heavy (non-hydrogen) atoms. The SMILES string of the molecule is CC(CNC(=O)c1c[nH]c2ccccc12)CC(=O)O. The van der Waals surface area contributed by atoms with Gasteiger partial charge in [0.15, 0.2) is 0 Å². The van der Waals surface area contributed by atoms with Crippen molar-refractivity contribution in [2.24, 2.45) is 5.92 Å². The molecule has 0 radical (unpaired) electrons. The summed E-state index contributed by atoms with van der Waals surface area (Å²) in [4.78, 5) is 25.6. The summed E-state index contributed by atoms with van der Waals surface area (Å²) >= 11 is 0. The number of carboxylic acids is 1. The van der Waals surface area contributed by atoms with Crippen LogP contribution in [0.25, 0.3) is 10.9 Å². The number of rotatable bonds is 5. The first-order chi connectivity index (χ1) is 9.08. The van der Waals surface area contributed by atoms with Crippen LogP contribution in [0, 0.1) is 5.92 Å². The standard InChI is InChI=1S/C14H16N2O3/c1-9(6-13(17)18)7-16-14(19)11-8-15-12-5-3-2-4-10(11)12/h2-5,8-9,15H,6-7H2,1H3,(H,16,19)(H,17,18). The smallest absolute Gasteiger partial charge is 0.303 e. The van der Waals surface area contributed by atoms with E-state index in [4.69, 9.17) is 5.11 Å². The highest BCUT2D eigenvalue weighted by Crippen LogP contribution is 2.17. The monoisotopic (exact) mass is 260 g/mol. The van der Waals surface area contributed by atoms with Crippen molar-refractivity contribution in [3.05, 3.63) is 36.0 Å². The van der Waals surface area contributed by atoms with Gasteiger partial charge in [-0.3, -0.25) is 9.59 Å². The molecular weight excluding hydrogens is 244 g/mol. The van der Waals surface area contributed by atoms with Gasteiger partial charge in [-0.25, -0.2) is 0 Å². The Kier molecular flexibility index (Phi) is 3.85. The molecule has 0 fully saturated rings. The first-order valence-electron chi connectivity index (χ1n) is 6.14. The summed E-state index contributed by atoms with van der Waals surface area (Å²) < 4.78 is 0. The van der Waals surface area contributed by atoms with Gasteiger partial charge < -0.3 is 15.4 Å². The third-order valence-corrected chi connectivity index (χ3v) is 2.97. The number of hydrogen-bond donors (Lipinski definition) is 3. The van der Waals surface area contributed by atoms with E-state index in [0.717, 1.165) is 10.9 Å². The van der Waals surface area contributed by atoms with Crippen molar-refractivity contribution >= 4 is 22.8 Å². The molecule has 2 aromatic rings. The minimum atomic E-state index is -0.853. The molecule has 3 N–H and O–H groups in total. The van der Waals surface area contributed by atoms with Crippen LogP contribution >= 0.6 is 0 Å². The zero-order valence-corrected chi connectivity index (χ0v) is 10.6. The molecule has 1 heterocycles. The molecule has 0 saturated carbocycles. The second-order valence-electron chi connectivity index (χ2n) is 4.66. The fourth-order valence-electron chi connectivity index (χ4n) is 1.99. The van der Waals surface area contributed by atoms with E-state index < -0.39 is 5.97 Å². The van der Waals surface area contributed by atoms with Crippen molar-refractivity contribution in [2.75, 3.05) is 6.54 Å². The Labute approximate surface area is 110 Å². The highest BCUT2D eigenvalue weighted by atomic mass is 16.4. The van der Waals surface area contributed by atoms with Gasteiger partial charge in [0.1, 0.15) is 0 Å². The van der Waals surface area contributed by atoms with E-state index in [0.29, 0.717) is 12.1 Å². The number of nitrogens with one attached hydrogen (secondary N) is 2. The second-order valence-corrected chi connectivity index (χ2v) is 4.66. The maximum Gasteiger partial charge on any atom is 0.303 e. The highest BCUT2D eigenvalue weighted by molar-refractivity contribution is 6.06. The third kappa shape index (κ3) is 3.13. The fourth-order valence-corrected chi connectivity index (χ4v) is 1.99. The number of H-pyrrole nitrogens is 1. The molecule has 5 nitrogen and oxygen atoms in total. The molecule has 0 saturated heterocycles. The van der Waals surface area contributed by atoms with E-state index in [2.05, 4.69) is 10.3 Å². The van der Waals surface area contributed by atoms with Gasteiger partial charge in [0.05, 0.1) is 5.56 Å². The minimum Gasteiger partial charge on any atom is -0.481 e. The summed E-state index contributed by atoms with van der Waals surface area (Å²) in [5, 5.41) is 12.3. The molecule has 1 unspecified atom stereocenters. The number of aliphatic carboxylic acids is 1. The van der Waals surface area contributed by atoms with E-state index in [1.807, 2.05) is 24.3 Å². The molecular formula is C14H16N2O3. The Hall–Kier alpha value is -2.30. The number of fused-ring (bicyclic) bond motifs is 1. The van der Waals surface area contributed by atoms with E-state index in [1.165, 1.54) is 0 Å². The number of aromatic amines is 1. The first kappa shape index (κ1) is 13.1. The second kappa shape index (κ2) is 5.56. The van der Waals surface area contributed by atoms with E-state index >= 15 is 0 Å². The number of carboxylic acid groups (broad SMARTS) is 1. The molecule has 0 bridgehead atoms. The molecule has 0 aliphatic carbocycles. The van der Waals surface area contributed by atoms with E-state index in [-0.39, 0.29) is 18.2 Å². The molecule has 100 valence electrons. The largest absolute Gasteiger partial charge is 0.481 e. The molecule has 5 heteroatoms. The predicted molar refractivity (Wildman–Crippen MR) is 72.0 cm³/mol. The number of amides is 1. The van der Waals surface area contributed by atoms with Crippen LogP contribution in [0.15, 0.2) is 30.5 Å². The van der Waals surface area contributed by atoms with Gasteiger partial charge in [-0.15, -0.1) is 0 Å². The Morgan fingerprint density at radius 3 is 2.84 bits per heavy atom. The van der Waals surface area contributed by atoms with Crippen molar-refractivity contribution in [1.29, 1.82) is 0 Å². The fraction of sp³-hybridized carbons (Fsp3) is 0.286. The van der Waals surface area contributed by atoms with Gasteiger partial charge >= 0.3 is 5.97 Å². The molecule has 0 spiro atoms. The van der Waals surface area contributed by atoms with Crippen LogP contribution in [0.2, 0.25) is 0 Å². The molecule has 2 rings (SSSR count). The Morgan fingerprint density at radius 1 is 1.37 bits per heavy atom. The molecule has 0 aliphatic rings. The van der Waals surface area contributed by atoms with Crippen LogP contribution in [0.4, 0.5) is 0 Å². The number of benzene rings is 1. The van der Waals surface area contributed by atoms with Crippen LogP contribution in [-0.4, -0.2) is 28.5 Å². The van der Waals surface area contributed by atoms with Gasteiger partial charge in [0.2, 0.25) is 0 Å². The summed E-state index contributed by atoms with van der Waals surface area (Å²) in [6.07, 6.45) is 1.72. The van der Waals surface area contributed by atoms with Gasteiger partial charge in [-0.05, 0) is 12.0 Å². The lowest BCUT2D eigenvalue weighted by atomic mass is 10.1. The molecule has 0 aliphatic heterocycles. The van der Waals surface area contributed by atoms with Crippen molar-refractivity contribution in [2.45, 2.75) is 13.3 Å². The lowest BCUT2D eigenvalue weighted by Crippen LogP contribution is -2.29. The van der Waals surface area contributed by atoms with Crippen LogP contribution in [0.3, 0.4) is 0 Å². The summed E-state index contributed by atoms with van der Waals surface area (Å²) in [7, 11) is 0. The Bertz CT molecular complexity index is 604.